The first-order valence-electron chi connectivity index (χ1n) is 6.28. The fourth-order valence-electron chi connectivity index (χ4n) is 1.82. The average Bonchev–Trinajstić information content (AvgIpc) is 2.41. The van der Waals surface area contributed by atoms with Gasteiger partial charge in [0.2, 0.25) is 0 Å². The number of anilines is 1. The molecule has 0 fully saturated rings. The van der Waals surface area contributed by atoms with Gasteiger partial charge in [0.25, 0.3) is 0 Å². The van der Waals surface area contributed by atoms with Gasteiger partial charge in [0.15, 0.2) is 5.54 Å². The van der Waals surface area contributed by atoms with Crippen LogP contribution in [0.25, 0.3) is 0 Å². The van der Waals surface area contributed by atoms with Gasteiger partial charge >= 0.3 is 5.97 Å². The standard InChI is InChI=1S/C14H20BrNO3/c1-4-14(10-18-3,13(17)19-5-2)16-12-9-7-6-8-11(12)15/h6-9,16H,4-5,10H2,1-3H3. The number of carbonyl (C=O) groups is 1. The van der Waals surface area contributed by atoms with Crippen molar-refractivity contribution in [3.05, 3.63) is 28.7 Å². The number of hydrogen-bond acceptors (Lipinski definition) is 4. The summed E-state index contributed by atoms with van der Waals surface area (Å²) in [6, 6.07) is 7.65. The molecule has 5 heteroatoms. The third-order valence-corrected chi connectivity index (χ3v) is 3.60. The summed E-state index contributed by atoms with van der Waals surface area (Å²) in [5.74, 6) is -0.296. The highest BCUT2D eigenvalue weighted by Crippen LogP contribution is 2.27. The van der Waals surface area contributed by atoms with E-state index in [0.717, 1.165) is 10.2 Å². The molecule has 0 heterocycles. The van der Waals surface area contributed by atoms with Crippen LogP contribution in [0.3, 0.4) is 0 Å². The van der Waals surface area contributed by atoms with Crippen LogP contribution in [0.15, 0.2) is 28.7 Å². The molecule has 0 amide bonds. The van der Waals surface area contributed by atoms with E-state index < -0.39 is 5.54 Å². The lowest BCUT2D eigenvalue weighted by atomic mass is 9.96. The molecule has 1 atom stereocenters. The fraction of sp³-hybridized carbons (Fsp3) is 0.500. The molecular formula is C14H20BrNO3. The first-order valence-corrected chi connectivity index (χ1v) is 7.07. The molecule has 0 aliphatic rings. The summed E-state index contributed by atoms with van der Waals surface area (Å²) in [6.45, 7) is 4.33. The van der Waals surface area contributed by atoms with E-state index in [0.29, 0.717) is 13.0 Å². The second-order valence-electron chi connectivity index (χ2n) is 4.19. The number of para-hydroxylation sites is 1. The molecule has 1 aromatic rings. The minimum absolute atomic E-state index is 0.254. The van der Waals surface area contributed by atoms with Crippen LogP contribution in [0.4, 0.5) is 5.69 Å². The molecule has 0 radical (unpaired) electrons. The Balaban J connectivity index is 3.03. The highest BCUT2D eigenvalue weighted by Gasteiger charge is 2.38. The smallest absolute Gasteiger partial charge is 0.334 e. The molecule has 0 aliphatic carbocycles. The summed E-state index contributed by atoms with van der Waals surface area (Å²) < 4.78 is 11.3. The highest BCUT2D eigenvalue weighted by atomic mass is 79.9. The van der Waals surface area contributed by atoms with Crippen LogP contribution in [0.1, 0.15) is 20.3 Å². The maximum atomic E-state index is 12.2. The Bertz CT molecular complexity index is 425. The minimum Gasteiger partial charge on any atom is -0.464 e. The van der Waals surface area contributed by atoms with Gasteiger partial charge in [-0.2, -0.15) is 0 Å². The van der Waals surface area contributed by atoms with Gasteiger partial charge in [0, 0.05) is 17.3 Å². The van der Waals surface area contributed by atoms with Gasteiger partial charge < -0.3 is 14.8 Å². The predicted molar refractivity (Wildman–Crippen MR) is 79.3 cm³/mol. The van der Waals surface area contributed by atoms with Crippen LogP contribution >= 0.6 is 15.9 Å². The Kier molecular flexibility index (Phi) is 6.31. The van der Waals surface area contributed by atoms with Crippen molar-refractivity contribution in [3.63, 3.8) is 0 Å². The van der Waals surface area contributed by atoms with E-state index in [1.807, 2.05) is 31.2 Å². The van der Waals surface area contributed by atoms with Crippen LogP contribution in [0.2, 0.25) is 0 Å². The molecule has 106 valence electrons. The predicted octanol–water partition coefficient (Wildman–Crippen LogP) is 3.22. The van der Waals surface area contributed by atoms with E-state index in [4.69, 9.17) is 9.47 Å². The molecular weight excluding hydrogens is 310 g/mol. The van der Waals surface area contributed by atoms with Gasteiger partial charge in [-0.3, -0.25) is 0 Å². The van der Waals surface area contributed by atoms with Crippen molar-refractivity contribution < 1.29 is 14.3 Å². The van der Waals surface area contributed by atoms with Gasteiger partial charge in [0.05, 0.1) is 13.2 Å². The summed E-state index contributed by atoms with van der Waals surface area (Å²) in [5, 5.41) is 3.25. The molecule has 0 aliphatic heterocycles. The van der Waals surface area contributed by atoms with E-state index >= 15 is 0 Å². The lowest BCUT2D eigenvalue weighted by Crippen LogP contribution is -2.51. The molecule has 0 saturated carbocycles. The first kappa shape index (κ1) is 16.0. The second-order valence-corrected chi connectivity index (χ2v) is 5.05. The van der Waals surface area contributed by atoms with Crippen molar-refractivity contribution in [3.8, 4) is 0 Å². The van der Waals surface area contributed by atoms with Gasteiger partial charge in [-0.25, -0.2) is 4.79 Å². The van der Waals surface area contributed by atoms with E-state index in [1.165, 1.54) is 0 Å². The van der Waals surface area contributed by atoms with Gasteiger partial charge in [-0.1, -0.05) is 19.1 Å². The number of carbonyl (C=O) groups excluding carboxylic acids is 1. The van der Waals surface area contributed by atoms with Crippen molar-refractivity contribution in [2.45, 2.75) is 25.8 Å². The second kappa shape index (κ2) is 7.50. The molecule has 1 rings (SSSR count). The van der Waals surface area contributed by atoms with E-state index in [2.05, 4.69) is 21.2 Å². The minimum atomic E-state index is -0.866. The van der Waals surface area contributed by atoms with Gasteiger partial charge in [-0.05, 0) is 41.4 Å². The lowest BCUT2D eigenvalue weighted by Gasteiger charge is -2.32. The summed E-state index contributed by atoms with van der Waals surface area (Å²) >= 11 is 3.46. The average molecular weight is 330 g/mol. The molecule has 0 aromatic heterocycles. The zero-order chi connectivity index (χ0) is 14.3. The van der Waals surface area contributed by atoms with Crippen LogP contribution in [0, 0.1) is 0 Å². The Labute approximate surface area is 122 Å². The monoisotopic (exact) mass is 329 g/mol. The summed E-state index contributed by atoms with van der Waals surface area (Å²) in [7, 11) is 1.57. The topological polar surface area (TPSA) is 47.6 Å². The molecule has 1 aromatic carbocycles. The summed E-state index contributed by atoms with van der Waals surface area (Å²) in [4.78, 5) is 12.2. The number of rotatable bonds is 7. The summed E-state index contributed by atoms with van der Waals surface area (Å²) in [6.07, 6.45) is 0.570. The largest absolute Gasteiger partial charge is 0.464 e. The molecule has 1 unspecified atom stereocenters. The number of esters is 1. The normalized spacial score (nSPS) is 13.7. The highest BCUT2D eigenvalue weighted by molar-refractivity contribution is 9.10. The molecule has 0 bridgehead atoms. The maximum Gasteiger partial charge on any atom is 0.334 e. The number of ether oxygens (including phenoxy) is 2. The third-order valence-electron chi connectivity index (χ3n) is 2.91. The molecule has 1 N–H and O–H groups in total. The van der Waals surface area contributed by atoms with Crippen LogP contribution < -0.4 is 5.32 Å². The van der Waals surface area contributed by atoms with Crippen molar-refractivity contribution in [2.75, 3.05) is 25.6 Å². The Morgan fingerprint density at radius 2 is 2.05 bits per heavy atom. The lowest BCUT2D eigenvalue weighted by molar-refractivity contribution is -0.150. The molecule has 0 saturated heterocycles. The quantitative estimate of drug-likeness (QED) is 0.780. The number of hydrogen-bond donors (Lipinski definition) is 1. The van der Waals surface area contributed by atoms with E-state index in [1.54, 1.807) is 14.0 Å². The summed E-state index contributed by atoms with van der Waals surface area (Å²) in [5.41, 5.74) is -0.0243. The van der Waals surface area contributed by atoms with Crippen molar-refractivity contribution in [1.29, 1.82) is 0 Å². The third kappa shape index (κ3) is 3.94. The maximum absolute atomic E-state index is 12.2. The van der Waals surface area contributed by atoms with E-state index in [9.17, 15) is 4.79 Å². The van der Waals surface area contributed by atoms with Gasteiger partial charge in [0.1, 0.15) is 0 Å². The van der Waals surface area contributed by atoms with Crippen molar-refractivity contribution in [1.82, 2.24) is 0 Å². The van der Waals surface area contributed by atoms with Crippen LogP contribution in [-0.2, 0) is 14.3 Å². The fourth-order valence-corrected chi connectivity index (χ4v) is 2.20. The number of nitrogens with one attached hydrogen (secondary N) is 1. The molecule has 19 heavy (non-hydrogen) atoms. The Morgan fingerprint density at radius 1 is 1.37 bits per heavy atom. The number of methoxy groups -OCH3 is 1. The SMILES string of the molecule is CCOC(=O)C(CC)(COC)Nc1ccccc1Br. The van der Waals surface area contributed by atoms with Crippen LogP contribution in [0.5, 0.6) is 0 Å². The zero-order valence-corrected chi connectivity index (χ0v) is 13.1. The molecule has 4 nitrogen and oxygen atoms in total. The van der Waals surface area contributed by atoms with Crippen molar-refractivity contribution >= 4 is 27.6 Å². The van der Waals surface area contributed by atoms with Crippen molar-refractivity contribution in [2.24, 2.45) is 0 Å². The van der Waals surface area contributed by atoms with Gasteiger partial charge in [-0.15, -0.1) is 0 Å². The number of halogens is 1. The van der Waals surface area contributed by atoms with E-state index in [-0.39, 0.29) is 12.6 Å². The van der Waals surface area contributed by atoms with Crippen LogP contribution in [-0.4, -0.2) is 31.8 Å². The number of benzene rings is 1. The Morgan fingerprint density at radius 3 is 2.58 bits per heavy atom. The molecule has 0 spiro atoms. The first-order chi connectivity index (χ1) is 9.09. The zero-order valence-electron chi connectivity index (χ0n) is 11.5. The Hall–Kier alpha value is -1.07.